The van der Waals surface area contributed by atoms with Gasteiger partial charge in [0.2, 0.25) is 0 Å². The van der Waals surface area contributed by atoms with Crippen molar-refractivity contribution in [1.29, 1.82) is 0 Å². The van der Waals surface area contributed by atoms with Crippen LogP contribution in [-0.2, 0) is 9.53 Å². The van der Waals surface area contributed by atoms with Crippen LogP contribution in [0.3, 0.4) is 0 Å². The summed E-state index contributed by atoms with van der Waals surface area (Å²) in [7, 11) is 0. The molecule has 1 saturated heterocycles. The summed E-state index contributed by atoms with van der Waals surface area (Å²) in [6.07, 6.45) is 11.1. The van der Waals surface area contributed by atoms with Crippen molar-refractivity contribution in [2.45, 2.75) is 76.0 Å². The first-order valence-corrected chi connectivity index (χ1v) is 7.29. The van der Waals surface area contributed by atoms with Crippen LogP contribution in [0.25, 0.3) is 0 Å². The van der Waals surface area contributed by atoms with E-state index in [0.29, 0.717) is 6.04 Å². The van der Waals surface area contributed by atoms with Crippen molar-refractivity contribution in [2.75, 3.05) is 0 Å². The van der Waals surface area contributed by atoms with Crippen LogP contribution in [0.1, 0.15) is 57.8 Å². The molecule has 96 valence electrons. The van der Waals surface area contributed by atoms with E-state index in [2.05, 4.69) is 5.32 Å². The molecule has 2 aliphatic carbocycles. The van der Waals surface area contributed by atoms with Gasteiger partial charge >= 0.3 is 5.97 Å². The van der Waals surface area contributed by atoms with E-state index < -0.39 is 0 Å². The molecule has 0 aromatic rings. The Morgan fingerprint density at radius 3 is 2.53 bits per heavy atom. The molecule has 1 N–H and O–H groups in total. The topological polar surface area (TPSA) is 38.3 Å². The molecule has 3 rings (SSSR count). The second-order valence-corrected chi connectivity index (χ2v) is 5.94. The van der Waals surface area contributed by atoms with E-state index in [9.17, 15) is 4.79 Å². The van der Waals surface area contributed by atoms with Crippen molar-refractivity contribution in [3.8, 4) is 0 Å². The van der Waals surface area contributed by atoms with Crippen molar-refractivity contribution in [2.24, 2.45) is 5.92 Å². The lowest BCUT2D eigenvalue weighted by Gasteiger charge is -2.40. The van der Waals surface area contributed by atoms with E-state index in [1.165, 1.54) is 38.5 Å². The van der Waals surface area contributed by atoms with Gasteiger partial charge in [-0.25, -0.2) is 0 Å². The molecule has 3 aliphatic rings. The highest BCUT2D eigenvalue weighted by atomic mass is 16.5. The van der Waals surface area contributed by atoms with Crippen LogP contribution in [0.15, 0.2) is 0 Å². The first kappa shape index (κ1) is 11.5. The second kappa shape index (κ2) is 4.97. The number of hydrogen-bond donors (Lipinski definition) is 1. The SMILES string of the molecule is O=C(OC1CCC1)C1CCC2CCCCC2N1. The highest BCUT2D eigenvalue weighted by Gasteiger charge is 2.36. The summed E-state index contributed by atoms with van der Waals surface area (Å²) in [6, 6.07) is 0.561. The Hall–Kier alpha value is -0.570. The van der Waals surface area contributed by atoms with Crippen molar-refractivity contribution in [3.05, 3.63) is 0 Å². The molecular weight excluding hydrogens is 214 g/mol. The Kier molecular flexibility index (Phi) is 3.37. The van der Waals surface area contributed by atoms with E-state index in [4.69, 9.17) is 4.74 Å². The Labute approximate surface area is 103 Å². The standard InChI is InChI=1S/C14H23NO2/c16-14(17-11-5-3-6-11)13-9-8-10-4-1-2-7-12(10)15-13/h10-13,15H,1-9H2. The molecule has 0 aromatic heterocycles. The minimum absolute atomic E-state index is 0.0127. The van der Waals surface area contributed by atoms with Gasteiger partial charge in [0, 0.05) is 6.04 Å². The number of ether oxygens (including phenoxy) is 1. The van der Waals surface area contributed by atoms with Crippen molar-refractivity contribution in [3.63, 3.8) is 0 Å². The zero-order valence-corrected chi connectivity index (χ0v) is 10.5. The molecule has 1 heterocycles. The minimum atomic E-state index is -0.0186. The molecule has 17 heavy (non-hydrogen) atoms. The van der Waals surface area contributed by atoms with Crippen molar-refractivity contribution < 1.29 is 9.53 Å². The summed E-state index contributed by atoms with van der Waals surface area (Å²) in [4.78, 5) is 12.0. The fourth-order valence-electron chi connectivity index (χ4n) is 3.42. The summed E-state index contributed by atoms with van der Waals surface area (Å²) >= 11 is 0. The third-order valence-electron chi connectivity index (χ3n) is 4.77. The molecule has 1 aliphatic heterocycles. The normalized spacial score (nSPS) is 38.0. The molecule has 3 heteroatoms. The maximum Gasteiger partial charge on any atom is 0.323 e. The van der Waals surface area contributed by atoms with Gasteiger partial charge in [0.15, 0.2) is 0 Å². The third kappa shape index (κ3) is 2.49. The van der Waals surface area contributed by atoms with Gasteiger partial charge in [-0.1, -0.05) is 12.8 Å². The summed E-state index contributed by atoms with van der Waals surface area (Å²) in [5.74, 6) is 0.829. The number of fused-ring (bicyclic) bond motifs is 1. The quantitative estimate of drug-likeness (QED) is 0.749. The largest absolute Gasteiger partial charge is 0.461 e. The zero-order chi connectivity index (χ0) is 11.7. The number of carbonyl (C=O) groups is 1. The molecule has 3 unspecified atom stereocenters. The molecule has 0 radical (unpaired) electrons. The molecule has 0 bridgehead atoms. The molecule has 0 spiro atoms. The fourth-order valence-corrected chi connectivity index (χ4v) is 3.42. The lowest BCUT2D eigenvalue weighted by molar-refractivity contribution is -0.157. The van der Waals surface area contributed by atoms with Crippen LogP contribution in [0.5, 0.6) is 0 Å². The summed E-state index contributed by atoms with van der Waals surface area (Å²) < 4.78 is 5.50. The number of nitrogens with one attached hydrogen (secondary N) is 1. The Morgan fingerprint density at radius 2 is 1.76 bits per heavy atom. The fraction of sp³-hybridized carbons (Fsp3) is 0.929. The smallest absolute Gasteiger partial charge is 0.323 e. The van der Waals surface area contributed by atoms with Crippen molar-refractivity contribution >= 4 is 5.97 Å². The van der Waals surface area contributed by atoms with Crippen LogP contribution in [0.4, 0.5) is 0 Å². The number of piperidine rings is 1. The van der Waals surface area contributed by atoms with Gasteiger partial charge in [-0.2, -0.15) is 0 Å². The van der Waals surface area contributed by atoms with Crippen molar-refractivity contribution in [1.82, 2.24) is 5.32 Å². The molecule has 3 fully saturated rings. The average molecular weight is 237 g/mol. The second-order valence-electron chi connectivity index (χ2n) is 5.94. The van der Waals surface area contributed by atoms with Gasteiger partial charge in [0.05, 0.1) is 0 Å². The number of esters is 1. The Morgan fingerprint density at radius 1 is 0.941 bits per heavy atom. The first-order chi connectivity index (χ1) is 8.33. The molecule has 0 amide bonds. The minimum Gasteiger partial charge on any atom is -0.461 e. The molecule has 0 aromatic carbocycles. The van der Waals surface area contributed by atoms with Gasteiger partial charge in [0.1, 0.15) is 12.1 Å². The maximum absolute atomic E-state index is 12.0. The monoisotopic (exact) mass is 237 g/mol. The predicted octanol–water partition coefficient (Wildman–Crippen LogP) is 2.39. The van der Waals surface area contributed by atoms with Crippen LogP contribution in [0.2, 0.25) is 0 Å². The Bertz CT molecular complexity index is 288. The summed E-state index contributed by atoms with van der Waals surface area (Å²) in [6.45, 7) is 0. The maximum atomic E-state index is 12.0. The van der Waals surface area contributed by atoms with Gasteiger partial charge < -0.3 is 10.1 Å². The van der Waals surface area contributed by atoms with E-state index >= 15 is 0 Å². The van der Waals surface area contributed by atoms with Gasteiger partial charge in [-0.3, -0.25) is 4.79 Å². The molecular formula is C14H23NO2. The third-order valence-corrected chi connectivity index (χ3v) is 4.77. The summed E-state index contributed by atoms with van der Waals surface area (Å²) in [5.41, 5.74) is 0. The summed E-state index contributed by atoms with van der Waals surface area (Å²) in [5, 5.41) is 3.53. The van der Waals surface area contributed by atoms with Gasteiger partial charge in [-0.15, -0.1) is 0 Å². The number of hydrogen-bond acceptors (Lipinski definition) is 3. The lowest BCUT2D eigenvalue weighted by Crippen LogP contribution is -2.53. The van der Waals surface area contributed by atoms with E-state index in [-0.39, 0.29) is 18.1 Å². The van der Waals surface area contributed by atoms with Crippen LogP contribution in [0, 0.1) is 5.92 Å². The van der Waals surface area contributed by atoms with E-state index in [1.807, 2.05) is 0 Å². The van der Waals surface area contributed by atoms with Crippen LogP contribution >= 0.6 is 0 Å². The van der Waals surface area contributed by atoms with Crippen LogP contribution < -0.4 is 5.32 Å². The van der Waals surface area contributed by atoms with Gasteiger partial charge in [0.25, 0.3) is 0 Å². The van der Waals surface area contributed by atoms with E-state index in [1.54, 1.807) is 0 Å². The number of rotatable bonds is 2. The van der Waals surface area contributed by atoms with E-state index in [0.717, 1.165) is 25.2 Å². The Balaban J connectivity index is 1.52. The first-order valence-electron chi connectivity index (χ1n) is 7.29. The van der Waals surface area contributed by atoms with Crippen LogP contribution in [-0.4, -0.2) is 24.2 Å². The highest BCUT2D eigenvalue weighted by Crippen LogP contribution is 2.33. The molecule has 2 saturated carbocycles. The molecule has 3 nitrogen and oxygen atoms in total. The lowest BCUT2D eigenvalue weighted by atomic mass is 9.78. The average Bonchev–Trinajstić information content (AvgIpc) is 2.33. The highest BCUT2D eigenvalue weighted by molar-refractivity contribution is 5.76. The zero-order valence-electron chi connectivity index (χ0n) is 10.5. The molecule has 3 atom stereocenters. The van der Waals surface area contributed by atoms with Gasteiger partial charge in [-0.05, 0) is 50.9 Å². The number of carbonyl (C=O) groups excluding carboxylic acids is 1. The predicted molar refractivity (Wildman–Crippen MR) is 65.6 cm³/mol.